The number of benzene rings is 1. The molecule has 0 aliphatic carbocycles. The largest absolute Gasteiger partial charge is 0.321 e. The lowest BCUT2D eigenvalue weighted by Gasteiger charge is -2.09. The highest BCUT2D eigenvalue weighted by Gasteiger charge is 2.22. The van der Waals surface area contributed by atoms with E-state index in [9.17, 15) is 4.79 Å². The van der Waals surface area contributed by atoms with Crippen molar-refractivity contribution in [3.63, 3.8) is 0 Å². The van der Waals surface area contributed by atoms with Gasteiger partial charge in [-0.1, -0.05) is 6.07 Å². The van der Waals surface area contributed by atoms with Crippen LogP contribution < -0.4 is 5.32 Å². The van der Waals surface area contributed by atoms with E-state index < -0.39 is 0 Å². The van der Waals surface area contributed by atoms with Gasteiger partial charge in [0.2, 0.25) is 0 Å². The lowest BCUT2D eigenvalue weighted by molar-refractivity contribution is 0.102. The van der Waals surface area contributed by atoms with Gasteiger partial charge in [0, 0.05) is 16.5 Å². The van der Waals surface area contributed by atoms with Crippen LogP contribution in [0.25, 0.3) is 15.9 Å². The average Bonchev–Trinajstić information content (AvgIpc) is 3.24. The molecule has 124 valence electrons. The zero-order chi connectivity index (χ0) is 17.4. The summed E-state index contributed by atoms with van der Waals surface area (Å²) >= 11 is 1.49. The number of aromatic nitrogens is 5. The first kappa shape index (κ1) is 15.4. The summed E-state index contributed by atoms with van der Waals surface area (Å²) in [6.07, 6.45) is 3.22. The molecule has 0 aliphatic rings. The van der Waals surface area contributed by atoms with Crippen LogP contribution in [-0.2, 0) is 0 Å². The summed E-state index contributed by atoms with van der Waals surface area (Å²) in [6.45, 7) is 3.91. The van der Waals surface area contributed by atoms with Gasteiger partial charge in [0.05, 0.1) is 16.8 Å². The molecule has 25 heavy (non-hydrogen) atoms. The molecular formula is C17H14N6OS. The summed E-state index contributed by atoms with van der Waals surface area (Å²) in [7, 11) is 0. The van der Waals surface area contributed by atoms with E-state index in [1.54, 1.807) is 6.20 Å². The van der Waals surface area contributed by atoms with E-state index in [-0.39, 0.29) is 5.91 Å². The van der Waals surface area contributed by atoms with Gasteiger partial charge in [-0.15, -0.1) is 16.4 Å². The van der Waals surface area contributed by atoms with Crippen molar-refractivity contribution < 1.29 is 4.79 Å². The number of aryl methyl sites for hydroxylation is 1. The summed E-state index contributed by atoms with van der Waals surface area (Å²) in [4.78, 5) is 18.4. The van der Waals surface area contributed by atoms with Crippen molar-refractivity contribution in [3.05, 3.63) is 58.9 Å². The Kier molecular flexibility index (Phi) is 3.73. The van der Waals surface area contributed by atoms with Gasteiger partial charge in [-0.3, -0.25) is 9.78 Å². The summed E-state index contributed by atoms with van der Waals surface area (Å²) in [5.41, 5.74) is 3.06. The Morgan fingerprint density at radius 2 is 2.08 bits per heavy atom. The number of nitrogens with zero attached hydrogens (tertiary/aromatic N) is 5. The minimum atomic E-state index is -0.191. The number of thiophene rings is 1. The number of rotatable bonds is 3. The van der Waals surface area contributed by atoms with Crippen molar-refractivity contribution >= 4 is 33.8 Å². The van der Waals surface area contributed by atoms with Gasteiger partial charge in [-0.2, -0.15) is 4.68 Å². The Labute approximate surface area is 147 Å². The molecule has 3 aromatic heterocycles. The fourth-order valence-electron chi connectivity index (χ4n) is 2.69. The lowest BCUT2D eigenvalue weighted by Crippen LogP contribution is -2.15. The predicted molar refractivity (Wildman–Crippen MR) is 96.2 cm³/mol. The van der Waals surface area contributed by atoms with Crippen LogP contribution in [0, 0.1) is 13.8 Å². The van der Waals surface area contributed by atoms with Crippen LogP contribution in [0.5, 0.6) is 0 Å². The van der Waals surface area contributed by atoms with Crippen LogP contribution in [-0.4, -0.2) is 31.1 Å². The van der Waals surface area contributed by atoms with Crippen molar-refractivity contribution in [2.45, 2.75) is 13.8 Å². The van der Waals surface area contributed by atoms with E-state index in [1.165, 1.54) is 22.3 Å². The number of nitrogens with one attached hydrogen (secondary N) is 1. The molecule has 0 unspecified atom stereocenters. The second-order valence-corrected chi connectivity index (χ2v) is 6.75. The molecule has 0 saturated carbocycles. The molecular weight excluding hydrogens is 336 g/mol. The van der Waals surface area contributed by atoms with Crippen molar-refractivity contribution in [1.29, 1.82) is 0 Å². The average molecular weight is 350 g/mol. The molecule has 0 spiro atoms. The highest BCUT2D eigenvalue weighted by atomic mass is 32.1. The number of tetrazole rings is 1. The van der Waals surface area contributed by atoms with Gasteiger partial charge in [0.1, 0.15) is 11.3 Å². The monoisotopic (exact) mass is 350 g/mol. The summed E-state index contributed by atoms with van der Waals surface area (Å²) in [6, 6.07) is 9.44. The molecule has 0 aliphatic heterocycles. The minimum Gasteiger partial charge on any atom is -0.321 e. The maximum absolute atomic E-state index is 13.0. The lowest BCUT2D eigenvalue weighted by atomic mass is 10.1. The molecule has 0 bridgehead atoms. The van der Waals surface area contributed by atoms with Gasteiger partial charge in [-0.25, -0.2) is 0 Å². The fraction of sp³-hybridized carbons (Fsp3) is 0.118. The van der Waals surface area contributed by atoms with Crippen LogP contribution in [0.15, 0.2) is 42.9 Å². The van der Waals surface area contributed by atoms with Crippen LogP contribution >= 0.6 is 11.3 Å². The van der Waals surface area contributed by atoms with E-state index >= 15 is 0 Å². The van der Waals surface area contributed by atoms with E-state index in [0.29, 0.717) is 10.6 Å². The molecule has 7 nitrogen and oxygen atoms in total. The first-order chi connectivity index (χ1) is 12.1. The van der Waals surface area contributed by atoms with Gasteiger partial charge in [0.15, 0.2) is 0 Å². The zero-order valence-corrected chi connectivity index (χ0v) is 14.4. The molecule has 4 aromatic rings. The van der Waals surface area contributed by atoms with Gasteiger partial charge >= 0.3 is 0 Å². The summed E-state index contributed by atoms with van der Waals surface area (Å²) in [5, 5.41) is 15.8. The first-order valence-electron chi connectivity index (χ1n) is 7.63. The Bertz CT molecular complexity index is 1060. The standard InChI is InChI=1S/C17H14N6OS/c1-10-11(2)25-17(23-9-19-21-22-23)15(10)16(24)20-14-7-3-6-13-12(14)5-4-8-18-13/h3-9H,1-2H3,(H,20,24). The number of anilines is 1. The van der Waals surface area contributed by atoms with Crippen LogP contribution in [0.3, 0.4) is 0 Å². The summed E-state index contributed by atoms with van der Waals surface area (Å²) < 4.78 is 1.52. The summed E-state index contributed by atoms with van der Waals surface area (Å²) in [5.74, 6) is -0.191. The van der Waals surface area contributed by atoms with Crippen LogP contribution in [0.2, 0.25) is 0 Å². The number of carbonyl (C=O) groups excluding carboxylic acids is 1. The molecule has 3 heterocycles. The zero-order valence-electron chi connectivity index (χ0n) is 13.6. The smallest absolute Gasteiger partial charge is 0.259 e. The highest BCUT2D eigenvalue weighted by Crippen LogP contribution is 2.31. The molecule has 1 amide bonds. The van der Waals surface area contributed by atoms with Crippen molar-refractivity contribution in [2.24, 2.45) is 0 Å². The van der Waals surface area contributed by atoms with E-state index in [4.69, 9.17) is 0 Å². The quantitative estimate of drug-likeness (QED) is 0.613. The normalized spacial score (nSPS) is 11.0. The number of fused-ring (bicyclic) bond motifs is 1. The van der Waals surface area contributed by atoms with Gasteiger partial charge in [0.25, 0.3) is 5.91 Å². The van der Waals surface area contributed by atoms with Crippen molar-refractivity contribution in [3.8, 4) is 5.00 Å². The number of carbonyl (C=O) groups is 1. The molecule has 0 atom stereocenters. The van der Waals surface area contributed by atoms with Crippen molar-refractivity contribution in [1.82, 2.24) is 25.2 Å². The molecule has 8 heteroatoms. The van der Waals surface area contributed by atoms with Crippen LogP contribution in [0.4, 0.5) is 5.69 Å². The Balaban J connectivity index is 1.77. The second kappa shape index (κ2) is 6.06. The van der Waals surface area contributed by atoms with E-state index in [2.05, 4.69) is 25.8 Å². The number of hydrogen-bond donors (Lipinski definition) is 1. The Morgan fingerprint density at radius 1 is 1.20 bits per heavy atom. The van der Waals surface area contributed by atoms with Crippen molar-refractivity contribution in [2.75, 3.05) is 5.32 Å². The third kappa shape index (κ3) is 2.66. The number of pyridine rings is 1. The van der Waals surface area contributed by atoms with E-state index in [1.807, 2.05) is 44.2 Å². The minimum absolute atomic E-state index is 0.191. The second-order valence-electron chi connectivity index (χ2n) is 5.55. The maximum Gasteiger partial charge on any atom is 0.259 e. The highest BCUT2D eigenvalue weighted by molar-refractivity contribution is 7.15. The molecule has 4 rings (SSSR count). The molecule has 0 radical (unpaired) electrons. The predicted octanol–water partition coefficient (Wildman–Crippen LogP) is 3.14. The topological polar surface area (TPSA) is 85.6 Å². The number of hydrogen-bond acceptors (Lipinski definition) is 6. The number of amides is 1. The third-order valence-corrected chi connectivity index (χ3v) is 5.24. The molecule has 0 saturated heterocycles. The SMILES string of the molecule is Cc1sc(-n2cnnn2)c(C(=O)Nc2cccc3ncccc23)c1C. The van der Waals surface area contributed by atoms with Gasteiger partial charge < -0.3 is 5.32 Å². The fourth-order valence-corrected chi connectivity index (χ4v) is 3.76. The van der Waals surface area contributed by atoms with Crippen LogP contribution in [0.1, 0.15) is 20.8 Å². The third-order valence-electron chi connectivity index (χ3n) is 4.04. The van der Waals surface area contributed by atoms with Gasteiger partial charge in [-0.05, 0) is 54.1 Å². The molecule has 1 aromatic carbocycles. The molecule has 1 N–H and O–H groups in total. The Morgan fingerprint density at radius 3 is 2.88 bits per heavy atom. The van der Waals surface area contributed by atoms with E-state index in [0.717, 1.165) is 27.0 Å². The Hall–Kier alpha value is -3.13. The first-order valence-corrected chi connectivity index (χ1v) is 8.45. The molecule has 0 fully saturated rings. The maximum atomic E-state index is 13.0.